The SMILES string of the molecule is NCCC1(O)CCC(n2nc(-c3ccc(Oc4ccccc4)cc3)c3c(N)ncnc32)CC1.O=C(O)/C=C\C(=O)O. The van der Waals surface area contributed by atoms with Crippen LogP contribution in [-0.2, 0) is 9.59 Å². The number of rotatable bonds is 8. The summed E-state index contributed by atoms with van der Waals surface area (Å²) in [7, 11) is 0. The second kappa shape index (κ2) is 13.0. The standard InChI is InChI=1S/C25H28N6O2.C4H4O4/c26-15-14-25(32)12-10-18(11-13-25)31-24-21(23(27)28-16-29-24)22(30-31)17-6-8-20(9-7-17)33-19-4-2-1-3-5-19;5-3(6)1-2-4(7)8/h1-9,16,18,32H,10-15,26H2,(H2,27,28,29);1-2H,(H,5,6)(H,7,8)/b;2-1-. The summed E-state index contributed by atoms with van der Waals surface area (Å²) in [5, 5.41) is 32.1. The van der Waals surface area contributed by atoms with E-state index < -0.39 is 17.5 Å². The number of ether oxygens (including phenoxy) is 1. The first-order valence-electron chi connectivity index (χ1n) is 13.1. The van der Waals surface area contributed by atoms with E-state index in [0.717, 1.165) is 46.6 Å². The summed E-state index contributed by atoms with van der Waals surface area (Å²) in [6.45, 7) is 0.490. The predicted octanol–water partition coefficient (Wildman–Crippen LogP) is 3.77. The molecule has 214 valence electrons. The lowest BCUT2D eigenvalue weighted by atomic mass is 9.80. The number of fused-ring (bicyclic) bond motifs is 1. The van der Waals surface area contributed by atoms with Crippen LogP contribution in [0.15, 0.2) is 73.1 Å². The Morgan fingerprint density at radius 1 is 0.976 bits per heavy atom. The number of hydrogen-bond donors (Lipinski definition) is 5. The number of aliphatic carboxylic acids is 2. The Balaban J connectivity index is 0.000000426. The van der Waals surface area contributed by atoms with Gasteiger partial charge in [0, 0.05) is 17.7 Å². The van der Waals surface area contributed by atoms with Crippen LogP contribution >= 0.6 is 0 Å². The minimum atomic E-state index is -1.26. The molecule has 12 heteroatoms. The van der Waals surface area contributed by atoms with Gasteiger partial charge in [0.2, 0.25) is 0 Å². The van der Waals surface area contributed by atoms with Gasteiger partial charge in [-0.05, 0) is 75.0 Å². The third kappa shape index (κ3) is 7.44. The highest BCUT2D eigenvalue weighted by atomic mass is 16.5. The van der Waals surface area contributed by atoms with Crippen LogP contribution in [0.1, 0.15) is 38.1 Å². The average molecular weight is 561 g/mol. The highest BCUT2D eigenvalue weighted by Gasteiger charge is 2.34. The molecule has 4 aromatic rings. The summed E-state index contributed by atoms with van der Waals surface area (Å²) in [5.41, 5.74) is 13.7. The smallest absolute Gasteiger partial charge is 0.328 e. The van der Waals surface area contributed by atoms with Crippen molar-refractivity contribution in [2.24, 2.45) is 5.73 Å². The fourth-order valence-corrected chi connectivity index (χ4v) is 4.80. The summed E-state index contributed by atoms with van der Waals surface area (Å²) < 4.78 is 7.87. The second-order valence-corrected chi connectivity index (χ2v) is 9.69. The van der Waals surface area contributed by atoms with E-state index >= 15 is 0 Å². The number of nitrogen functional groups attached to an aromatic ring is 1. The number of aromatic nitrogens is 4. The molecule has 2 aromatic heterocycles. The molecule has 2 heterocycles. The number of carbonyl (C=O) groups is 2. The fourth-order valence-electron chi connectivity index (χ4n) is 4.80. The van der Waals surface area contributed by atoms with Crippen LogP contribution in [0, 0.1) is 0 Å². The van der Waals surface area contributed by atoms with Crippen LogP contribution in [0.3, 0.4) is 0 Å². The number of nitrogens with two attached hydrogens (primary N) is 2. The van der Waals surface area contributed by atoms with Crippen molar-refractivity contribution in [3.63, 3.8) is 0 Å². The number of carboxylic acid groups (broad SMARTS) is 2. The molecule has 0 spiro atoms. The minimum absolute atomic E-state index is 0.134. The van der Waals surface area contributed by atoms with Crippen LogP contribution in [-0.4, -0.2) is 59.2 Å². The molecule has 5 rings (SSSR count). The van der Waals surface area contributed by atoms with Crippen molar-refractivity contribution >= 4 is 28.8 Å². The zero-order valence-corrected chi connectivity index (χ0v) is 22.3. The van der Waals surface area contributed by atoms with Gasteiger partial charge in [-0.25, -0.2) is 24.2 Å². The van der Waals surface area contributed by atoms with Crippen molar-refractivity contribution in [1.82, 2.24) is 19.7 Å². The van der Waals surface area contributed by atoms with Crippen molar-refractivity contribution in [3.05, 3.63) is 73.1 Å². The van der Waals surface area contributed by atoms with E-state index in [9.17, 15) is 14.7 Å². The highest BCUT2D eigenvalue weighted by Crippen LogP contribution is 2.40. The van der Waals surface area contributed by atoms with E-state index in [1.807, 2.05) is 59.3 Å². The maximum atomic E-state index is 10.7. The molecule has 0 saturated heterocycles. The molecule has 2 aromatic carbocycles. The van der Waals surface area contributed by atoms with Gasteiger partial charge in [0.15, 0.2) is 5.65 Å². The van der Waals surface area contributed by atoms with E-state index in [2.05, 4.69) is 9.97 Å². The van der Waals surface area contributed by atoms with Crippen molar-refractivity contribution in [2.75, 3.05) is 12.3 Å². The van der Waals surface area contributed by atoms with E-state index in [1.165, 1.54) is 6.33 Å². The molecule has 0 amide bonds. The highest BCUT2D eigenvalue weighted by molar-refractivity contribution is 5.98. The maximum Gasteiger partial charge on any atom is 0.328 e. The first-order valence-corrected chi connectivity index (χ1v) is 13.1. The molecular formula is C29H32N6O6. The third-order valence-electron chi connectivity index (χ3n) is 6.83. The quantitative estimate of drug-likeness (QED) is 0.196. The van der Waals surface area contributed by atoms with Crippen molar-refractivity contribution in [1.29, 1.82) is 0 Å². The molecule has 1 aliphatic rings. The summed E-state index contributed by atoms with van der Waals surface area (Å²) >= 11 is 0. The van der Waals surface area contributed by atoms with E-state index in [1.54, 1.807) is 0 Å². The monoisotopic (exact) mass is 560 g/mol. The summed E-state index contributed by atoms with van der Waals surface area (Å²) in [6, 6.07) is 17.6. The number of anilines is 1. The van der Waals surface area contributed by atoms with Gasteiger partial charge < -0.3 is 31.5 Å². The molecular weight excluding hydrogens is 528 g/mol. The summed E-state index contributed by atoms with van der Waals surface area (Å²) in [6.07, 6.45) is 6.21. The lowest BCUT2D eigenvalue weighted by Gasteiger charge is -2.36. The largest absolute Gasteiger partial charge is 0.478 e. The van der Waals surface area contributed by atoms with E-state index in [-0.39, 0.29) is 6.04 Å². The fraction of sp³-hybridized carbons (Fsp3) is 0.276. The Bertz CT molecular complexity index is 1500. The topological polar surface area (TPSA) is 200 Å². The average Bonchev–Trinajstić information content (AvgIpc) is 3.35. The van der Waals surface area contributed by atoms with E-state index in [0.29, 0.717) is 43.8 Å². The van der Waals surface area contributed by atoms with Crippen LogP contribution < -0.4 is 16.2 Å². The minimum Gasteiger partial charge on any atom is -0.478 e. The predicted molar refractivity (Wildman–Crippen MR) is 152 cm³/mol. The molecule has 1 saturated carbocycles. The zero-order valence-electron chi connectivity index (χ0n) is 22.3. The number of aliphatic hydroxyl groups is 1. The van der Waals surface area contributed by atoms with Gasteiger partial charge >= 0.3 is 11.9 Å². The van der Waals surface area contributed by atoms with Crippen LogP contribution in [0.25, 0.3) is 22.3 Å². The van der Waals surface area contributed by atoms with E-state index in [4.69, 9.17) is 31.5 Å². The number of carboxylic acids is 2. The molecule has 0 bridgehead atoms. The zero-order chi connectivity index (χ0) is 29.4. The molecule has 7 N–H and O–H groups in total. The Hall–Kier alpha value is -4.81. The molecule has 41 heavy (non-hydrogen) atoms. The van der Waals surface area contributed by atoms with Gasteiger partial charge in [-0.3, -0.25) is 0 Å². The number of benzene rings is 2. The first-order chi connectivity index (χ1) is 19.7. The normalized spacial score (nSPS) is 18.5. The Morgan fingerprint density at radius 3 is 2.17 bits per heavy atom. The van der Waals surface area contributed by atoms with Gasteiger partial charge in [-0.2, -0.15) is 5.10 Å². The third-order valence-corrected chi connectivity index (χ3v) is 6.83. The van der Waals surface area contributed by atoms with Crippen molar-refractivity contribution in [3.8, 4) is 22.8 Å². The number of para-hydroxylation sites is 1. The van der Waals surface area contributed by atoms with Crippen molar-refractivity contribution < 1.29 is 29.6 Å². The molecule has 0 aliphatic heterocycles. The Morgan fingerprint density at radius 2 is 1.59 bits per heavy atom. The van der Waals surface area contributed by atoms with Crippen LogP contribution in [0.4, 0.5) is 5.82 Å². The van der Waals surface area contributed by atoms with Crippen LogP contribution in [0.5, 0.6) is 11.5 Å². The van der Waals surface area contributed by atoms with Gasteiger partial charge in [-0.1, -0.05) is 18.2 Å². The molecule has 0 radical (unpaired) electrons. The molecule has 1 fully saturated rings. The van der Waals surface area contributed by atoms with Crippen molar-refractivity contribution in [2.45, 2.75) is 43.7 Å². The lowest BCUT2D eigenvalue weighted by molar-refractivity contribution is -0.134. The number of nitrogens with zero attached hydrogens (tertiary/aromatic N) is 4. The first kappa shape index (κ1) is 29.2. The summed E-state index contributed by atoms with van der Waals surface area (Å²) in [5.74, 6) is -0.588. The van der Waals surface area contributed by atoms with Gasteiger partial charge in [-0.15, -0.1) is 0 Å². The molecule has 12 nitrogen and oxygen atoms in total. The molecule has 0 atom stereocenters. The maximum absolute atomic E-state index is 10.7. The van der Waals surface area contributed by atoms with Gasteiger partial charge in [0.05, 0.1) is 17.0 Å². The summed E-state index contributed by atoms with van der Waals surface area (Å²) in [4.78, 5) is 27.8. The van der Waals surface area contributed by atoms with Gasteiger partial charge in [0.1, 0.15) is 29.3 Å². The van der Waals surface area contributed by atoms with Gasteiger partial charge in [0.25, 0.3) is 0 Å². The molecule has 1 aliphatic carbocycles. The number of hydrogen-bond acceptors (Lipinski definition) is 9. The van der Waals surface area contributed by atoms with Crippen LogP contribution in [0.2, 0.25) is 0 Å². The second-order valence-electron chi connectivity index (χ2n) is 9.69. The molecule has 0 unspecified atom stereocenters. The lowest BCUT2D eigenvalue weighted by Crippen LogP contribution is -2.36. The Kier molecular flexibility index (Phi) is 9.27. The Labute approximate surface area is 235 Å².